The number of carbonyl (C=O) groups excluding carboxylic acids is 1. The molecule has 1 rings (SSSR count). The first-order valence-corrected chi connectivity index (χ1v) is 6.28. The van der Waals surface area contributed by atoms with Gasteiger partial charge in [-0.15, -0.1) is 0 Å². The van der Waals surface area contributed by atoms with Gasteiger partial charge in [0.15, 0.2) is 0 Å². The highest BCUT2D eigenvalue weighted by molar-refractivity contribution is 5.67. The van der Waals surface area contributed by atoms with Gasteiger partial charge in [-0.05, 0) is 57.9 Å². The van der Waals surface area contributed by atoms with E-state index in [0.29, 0.717) is 32.2 Å². The van der Waals surface area contributed by atoms with Gasteiger partial charge in [0.2, 0.25) is 0 Å². The van der Waals surface area contributed by atoms with Crippen LogP contribution in [0.3, 0.4) is 0 Å². The Morgan fingerprint density at radius 3 is 2.33 bits per heavy atom. The van der Waals surface area contributed by atoms with Crippen LogP contribution in [0.25, 0.3) is 0 Å². The number of hydrogen-bond acceptors (Lipinski definition) is 2. The van der Waals surface area contributed by atoms with E-state index in [-0.39, 0.29) is 11.5 Å². The third kappa shape index (κ3) is 5.47. The molecule has 1 aliphatic carbocycles. The maximum Gasteiger partial charge on any atom is 0.407 e. The molecule has 1 fully saturated rings. The van der Waals surface area contributed by atoms with Gasteiger partial charge in [0.25, 0.3) is 6.08 Å². The fourth-order valence-electron chi connectivity index (χ4n) is 1.96. The lowest BCUT2D eigenvalue weighted by Gasteiger charge is -2.25. The Kier molecular flexibility index (Phi) is 5.11. The second-order valence-electron chi connectivity index (χ2n) is 5.69. The molecule has 0 aromatic carbocycles. The highest BCUT2D eigenvalue weighted by Crippen LogP contribution is 2.30. The molecule has 0 bridgehead atoms. The number of allylic oxidation sites excluding steroid dienone is 1. The van der Waals surface area contributed by atoms with Gasteiger partial charge in [0, 0.05) is 6.54 Å². The van der Waals surface area contributed by atoms with E-state index in [0.717, 1.165) is 0 Å². The summed E-state index contributed by atoms with van der Waals surface area (Å²) in [5, 5.41) is 2.69. The van der Waals surface area contributed by atoms with Crippen LogP contribution in [0, 0.1) is 5.92 Å². The van der Waals surface area contributed by atoms with Gasteiger partial charge in [0.05, 0.1) is 0 Å². The van der Waals surface area contributed by atoms with Gasteiger partial charge >= 0.3 is 6.09 Å². The summed E-state index contributed by atoms with van der Waals surface area (Å²) in [5.41, 5.74) is -0.243. The van der Waals surface area contributed by atoms with Crippen molar-refractivity contribution in [3.8, 4) is 0 Å². The summed E-state index contributed by atoms with van der Waals surface area (Å²) in [6, 6.07) is 0. The number of carbonyl (C=O) groups is 1. The number of rotatable bonds is 2. The van der Waals surface area contributed by atoms with Crippen LogP contribution in [0.5, 0.6) is 0 Å². The number of nitrogens with one attached hydrogen (secondary N) is 1. The molecular formula is C13H21F2NO2. The van der Waals surface area contributed by atoms with Crippen LogP contribution in [-0.2, 0) is 4.74 Å². The van der Waals surface area contributed by atoms with Crippen molar-refractivity contribution in [1.82, 2.24) is 5.32 Å². The largest absolute Gasteiger partial charge is 0.444 e. The first kappa shape index (κ1) is 14.9. The topological polar surface area (TPSA) is 38.3 Å². The number of halogens is 2. The molecule has 0 atom stereocenters. The third-order valence-corrected chi connectivity index (χ3v) is 2.91. The molecule has 1 N–H and O–H groups in total. The molecule has 0 saturated heterocycles. The van der Waals surface area contributed by atoms with E-state index in [1.165, 1.54) is 0 Å². The normalized spacial score (nSPS) is 20.5. The number of hydrogen-bond donors (Lipinski definition) is 1. The van der Waals surface area contributed by atoms with Crippen LogP contribution in [-0.4, -0.2) is 18.2 Å². The van der Waals surface area contributed by atoms with Gasteiger partial charge in [-0.25, -0.2) is 4.79 Å². The van der Waals surface area contributed by atoms with Crippen molar-refractivity contribution in [2.45, 2.75) is 52.1 Å². The molecule has 0 unspecified atom stereocenters. The minimum absolute atomic E-state index is 0.264. The molecule has 104 valence electrons. The summed E-state index contributed by atoms with van der Waals surface area (Å²) in [5.74, 6) is 0.264. The average Bonchev–Trinajstić information content (AvgIpc) is 2.24. The molecule has 5 heteroatoms. The summed E-state index contributed by atoms with van der Waals surface area (Å²) >= 11 is 0. The van der Waals surface area contributed by atoms with Gasteiger partial charge in [-0.3, -0.25) is 0 Å². The summed E-state index contributed by atoms with van der Waals surface area (Å²) in [6.07, 6.45) is 0.283. The molecule has 0 spiro atoms. The standard InChI is InChI=1S/C13H21F2NO2/c1-13(2,3)18-12(17)16-8-9-4-6-10(7-5-9)11(14)15/h9H,4-8H2,1-3H3,(H,16,17). The van der Waals surface area contributed by atoms with Gasteiger partial charge in [0.1, 0.15) is 5.60 Å². The number of amides is 1. The molecule has 18 heavy (non-hydrogen) atoms. The minimum Gasteiger partial charge on any atom is -0.444 e. The van der Waals surface area contributed by atoms with E-state index in [1.807, 2.05) is 0 Å². The Bertz CT molecular complexity index is 320. The lowest BCUT2D eigenvalue weighted by Crippen LogP contribution is -2.35. The molecule has 1 aliphatic rings. The second-order valence-corrected chi connectivity index (χ2v) is 5.69. The van der Waals surface area contributed by atoms with Crippen molar-refractivity contribution < 1.29 is 18.3 Å². The smallest absolute Gasteiger partial charge is 0.407 e. The molecule has 0 aliphatic heterocycles. The lowest BCUT2D eigenvalue weighted by atomic mass is 9.86. The second kappa shape index (κ2) is 6.16. The quantitative estimate of drug-likeness (QED) is 0.819. The fraction of sp³-hybridized carbons (Fsp3) is 0.769. The van der Waals surface area contributed by atoms with Crippen LogP contribution < -0.4 is 5.32 Å². The Hall–Kier alpha value is -1.13. The van der Waals surface area contributed by atoms with Gasteiger partial charge in [-0.1, -0.05) is 0 Å². The highest BCUT2D eigenvalue weighted by Gasteiger charge is 2.21. The zero-order chi connectivity index (χ0) is 13.8. The molecular weight excluding hydrogens is 240 g/mol. The van der Waals surface area contributed by atoms with Crippen molar-refractivity contribution in [2.75, 3.05) is 6.54 Å². The van der Waals surface area contributed by atoms with E-state index in [4.69, 9.17) is 4.74 Å². The van der Waals surface area contributed by atoms with Crippen LogP contribution in [0.2, 0.25) is 0 Å². The summed E-state index contributed by atoms with van der Waals surface area (Å²) in [7, 11) is 0. The maximum absolute atomic E-state index is 12.3. The molecule has 1 amide bonds. The SMILES string of the molecule is CC(C)(C)OC(=O)NCC1CCC(=C(F)F)CC1. The first-order chi connectivity index (χ1) is 8.28. The zero-order valence-corrected chi connectivity index (χ0v) is 11.2. The van der Waals surface area contributed by atoms with Crippen LogP contribution in [0.15, 0.2) is 11.7 Å². The Balaban J connectivity index is 2.26. The van der Waals surface area contributed by atoms with E-state index in [1.54, 1.807) is 20.8 Å². The molecule has 0 aromatic rings. The zero-order valence-electron chi connectivity index (χ0n) is 11.2. The van der Waals surface area contributed by atoms with Crippen LogP contribution in [0.4, 0.5) is 13.6 Å². The maximum atomic E-state index is 12.3. The predicted molar refractivity (Wildman–Crippen MR) is 65.4 cm³/mol. The van der Waals surface area contributed by atoms with Gasteiger partial charge < -0.3 is 10.1 Å². The molecule has 1 saturated carbocycles. The van der Waals surface area contributed by atoms with E-state index < -0.39 is 17.8 Å². The molecule has 0 aromatic heterocycles. The van der Waals surface area contributed by atoms with Crippen molar-refractivity contribution >= 4 is 6.09 Å². The van der Waals surface area contributed by atoms with Crippen LogP contribution >= 0.6 is 0 Å². The van der Waals surface area contributed by atoms with Crippen molar-refractivity contribution in [3.63, 3.8) is 0 Å². The third-order valence-electron chi connectivity index (χ3n) is 2.91. The predicted octanol–water partition coefficient (Wildman–Crippen LogP) is 3.85. The van der Waals surface area contributed by atoms with E-state index in [9.17, 15) is 13.6 Å². The van der Waals surface area contributed by atoms with E-state index in [2.05, 4.69) is 5.32 Å². The van der Waals surface area contributed by atoms with Crippen molar-refractivity contribution in [1.29, 1.82) is 0 Å². The lowest BCUT2D eigenvalue weighted by molar-refractivity contribution is 0.0516. The highest BCUT2D eigenvalue weighted by atomic mass is 19.3. The monoisotopic (exact) mass is 261 g/mol. The Morgan fingerprint density at radius 2 is 1.89 bits per heavy atom. The minimum atomic E-state index is -1.53. The average molecular weight is 261 g/mol. The van der Waals surface area contributed by atoms with Crippen molar-refractivity contribution in [3.05, 3.63) is 11.7 Å². The summed E-state index contributed by atoms with van der Waals surface area (Å²) in [6.45, 7) is 5.90. The molecule has 0 radical (unpaired) electrons. The molecule has 0 heterocycles. The fourth-order valence-corrected chi connectivity index (χ4v) is 1.96. The summed E-state index contributed by atoms with van der Waals surface area (Å²) < 4.78 is 29.8. The first-order valence-electron chi connectivity index (χ1n) is 6.28. The van der Waals surface area contributed by atoms with E-state index >= 15 is 0 Å². The van der Waals surface area contributed by atoms with Crippen LogP contribution in [0.1, 0.15) is 46.5 Å². The number of ether oxygens (including phenoxy) is 1. The Labute approximate surface area is 107 Å². The summed E-state index contributed by atoms with van der Waals surface area (Å²) in [4.78, 5) is 11.4. The van der Waals surface area contributed by atoms with Crippen molar-refractivity contribution in [2.24, 2.45) is 5.92 Å². The number of alkyl carbamates (subject to hydrolysis) is 1. The van der Waals surface area contributed by atoms with Gasteiger partial charge in [-0.2, -0.15) is 8.78 Å². The Morgan fingerprint density at radius 1 is 1.33 bits per heavy atom. The molecule has 3 nitrogen and oxygen atoms in total.